The number of hydrogen-bond acceptors (Lipinski definition) is 1. The van der Waals surface area contributed by atoms with Crippen LogP contribution in [0.3, 0.4) is 0 Å². The summed E-state index contributed by atoms with van der Waals surface area (Å²) in [6.07, 6.45) is 3.20. The molecule has 4 aromatic rings. The minimum absolute atomic E-state index is 0.288. The molecule has 0 aliphatic heterocycles. The van der Waals surface area contributed by atoms with E-state index in [4.69, 9.17) is 0 Å². The lowest BCUT2D eigenvalue weighted by molar-refractivity contribution is -0.00299. The smallest absolute Gasteiger partial charge is 0.329 e. The zero-order chi connectivity index (χ0) is 23.0. The van der Waals surface area contributed by atoms with Gasteiger partial charge in [-0.05, 0) is 54.6 Å². The highest BCUT2D eigenvalue weighted by atomic mass is 14.9. The minimum atomic E-state index is 0.288. The third-order valence-electron chi connectivity index (χ3n) is 5.10. The standard InChI is InChI=1S/C26H17N7/c27-31-24(18-7-3-1-4-8-18)21-15-22(25(32-28)19-9-5-2-6-10-19)17-23(16-21)26(33-29)20-11-13-30-14-12-20/h1-17H. The first-order chi connectivity index (χ1) is 16.2. The molecular formula is C26H17N7. The Labute approximate surface area is 190 Å². The molecule has 7 nitrogen and oxygen atoms in total. The maximum Gasteiger partial charge on any atom is 0.329 e. The van der Waals surface area contributed by atoms with Crippen LogP contribution in [0.2, 0.25) is 0 Å². The maximum absolute atomic E-state index is 9.86. The molecule has 0 unspecified atom stereocenters. The summed E-state index contributed by atoms with van der Waals surface area (Å²) in [4.78, 5) is 14.6. The average Bonchev–Trinajstić information content (AvgIpc) is 2.87. The molecule has 4 rings (SSSR count). The van der Waals surface area contributed by atoms with Crippen molar-refractivity contribution in [3.63, 3.8) is 0 Å². The van der Waals surface area contributed by atoms with Crippen molar-refractivity contribution in [2.45, 2.75) is 0 Å². The average molecular weight is 427 g/mol. The van der Waals surface area contributed by atoms with E-state index in [1.165, 1.54) is 0 Å². The predicted molar refractivity (Wildman–Crippen MR) is 124 cm³/mol. The van der Waals surface area contributed by atoms with Crippen molar-refractivity contribution in [3.05, 3.63) is 153 Å². The van der Waals surface area contributed by atoms with Gasteiger partial charge in [-0.3, -0.25) is 4.98 Å². The normalized spacial score (nSPS) is 9.82. The van der Waals surface area contributed by atoms with Crippen LogP contribution in [0.1, 0.15) is 33.4 Å². The molecule has 0 atom stereocenters. The van der Waals surface area contributed by atoms with Crippen LogP contribution in [-0.4, -0.2) is 36.5 Å². The summed E-state index contributed by atoms with van der Waals surface area (Å²) in [5.41, 5.74) is 34.1. The largest absolute Gasteiger partial charge is 0.361 e. The van der Waals surface area contributed by atoms with Crippen molar-refractivity contribution in [2.24, 2.45) is 0 Å². The molecule has 0 radical (unpaired) electrons. The fourth-order valence-corrected chi connectivity index (χ4v) is 3.59. The van der Waals surface area contributed by atoms with Crippen LogP contribution in [0.25, 0.3) is 16.6 Å². The van der Waals surface area contributed by atoms with Crippen LogP contribution in [0.15, 0.2) is 103 Å². The van der Waals surface area contributed by atoms with E-state index in [1.54, 1.807) is 42.7 Å². The monoisotopic (exact) mass is 427 g/mol. The second-order valence-corrected chi connectivity index (χ2v) is 7.11. The number of pyridine rings is 1. The molecule has 7 heteroatoms. The summed E-state index contributed by atoms with van der Waals surface area (Å²) >= 11 is 0. The maximum atomic E-state index is 9.86. The molecule has 3 aromatic carbocycles. The molecule has 1 aromatic heterocycles. The second-order valence-electron chi connectivity index (χ2n) is 7.11. The van der Waals surface area contributed by atoms with Crippen molar-refractivity contribution < 1.29 is 14.4 Å². The summed E-state index contributed by atoms with van der Waals surface area (Å²) in [5, 5.41) is 0. The van der Waals surface area contributed by atoms with Gasteiger partial charge in [-0.2, -0.15) is 14.4 Å². The molecule has 0 aliphatic carbocycles. The topological polar surface area (TPSA) is 122 Å². The van der Waals surface area contributed by atoms with E-state index in [9.17, 15) is 16.6 Å². The van der Waals surface area contributed by atoms with Gasteiger partial charge < -0.3 is 16.6 Å². The van der Waals surface area contributed by atoms with Gasteiger partial charge in [-0.25, -0.2) is 0 Å². The van der Waals surface area contributed by atoms with Gasteiger partial charge in [0, 0.05) is 12.4 Å². The molecule has 0 saturated heterocycles. The molecule has 0 spiro atoms. The van der Waals surface area contributed by atoms with E-state index in [2.05, 4.69) is 19.4 Å². The van der Waals surface area contributed by atoms with Crippen molar-refractivity contribution >= 4 is 17.1 Å². The van der Waals surface area contributed by atoms with E-state index in [1.807, 2.05) is 60.7 Å². The van der Waals surface area contributed by atoms with E-state index in [-0.39, 0.29) is 5.71 Å². The summed E-state index contributed by atoms with van der Waals surface area (Å²) < 4.78 is 0. The number of benzene rings is 3. The van der Waals surface area contributed by atoms with Gasteiger partial charge >= 0.3 is 17.1 Å². The highest BCUT2D eigenvalue weighted by Crippen LogP contribution is 2.20. The third kappa shape index (κ3) is 4.52. The highest BCUT2D eigenvalue weighted by Gasteiger charge is 2.26. The van der Waals surface area contributed by atoms with Crippen LogP contribution < -0.4 is 0 Å². The first-order valence-corrected chi connectivity index (χ1v) is 10.1. The SMILES string of the molecule is [N-]=[N+]=C(c1ccccc1)c1cc(C(=[N+]=[N-])c2ccccc2)cc(C(=[N+]=[N-])c2ccncc2)c1. The Balaban J connectivity index is 1.97. The van der Waals surface area contributed by atoms with E-state index >= 15 is 0 Å². The van der Waals surface area contributed by atoms with Gasteiger partial charge in [0.25, 0.3) is 0 Å². The Morgan fingerprint density at radius 2 is 0.788 bits per heavy atom. The zero-order valence-electron chi connectivity index (χ0n) is 17.4. The van der Waals surface area contributed by atoms with Gasteiger partial charge in [0.05, 0.1) is 33.4 Å². The predicted octanol–water partition coefficient (Wildman–Crippen LogP) is 4.28. The van der Waals surface area contributed by atoms with Crippen molar-refractivity contribution in [1.82, 2.24) is 4.98 Å². The molecule has 0 amide bonds. The first-order valence-electron chi connectivity index (χ1n) is 10.1. The Kier molecular flexibility index (Phi) is 6.32. The number of nitrogens with zero attached hydrogens (tertiary/aromatic N) is 7. The zero-order valence-corrected chi connectivity index (χ0v) is 17.4. The number of rotatable bonds is 6. The van der Waals surface area contributed by atoms with Crippen LogP contribution in [0.5, 0.6) is 0 Å². The first kappa shape index (κ1) is 21.2. The summed E-state index contributed by atoms with van der Waals surface area (Å²) in [6, 6.07) is 27.1. The van der Waals surface area contributed by atoms with Crippen LogP contribution in [0, 0.1) is 0 Å². The van der Waals surface area contributed by atoms with Crippen molar-refractivity contribution in [2.75, 3.05) is 0 Å². The fourth-order valence-electron chi connectivity index (χ4n) is 3.59. The van der Waals surface area contributed by atoms with E-state index in [0.29, 0.717) is 44.8 Å². The Morgan fingerprint density at radius 3 is 1.12 bits per heavy atom. The molecule has 0 bridgehead atoms. The molecule has 156 valence electrons. The second kappa shape index (κ2) is 9.84. The van der Waals surface area contributed by atoms with Gasteiger partial charge in [0.15, 0.2) is 0 Å². The summed E-state index contributed by atoms with van der Waals surface area (Å²) in [6.45, 7) is 0. The Hall–Kier alpha value is -5.05. The third-order valence-corrected chi connectivity index (χ3v) is 5.10. The van der Waals surface area contributed by atoms with Crippen LogP contribution >= 0.6 is 0 Å². The van der Waals surface area contributed by atoms with Crippen LogP contribution in [0.4, 0.5) is 0 Å². The molecule has 0 fully saturated rings. The number of hydrogen-bond donors (Lipinski definition) is 0. The lowest BCUT2D eigenvalue weighted by atomic mass is 9.91. The minimum Gasteiger partial charge on any atom is -0.361 e. The lowest BCUT2D eigenvalue weighted by Gasteiger charge is -2.05. The van der Waals surface area contributed by atoms with Crippen molar-refractivity contribution in [1.29, 1.82) is 0 Å². The molecular weight excluding hydrogens is 410 g/mol. The highest BCUT2D eigenvalue weighted by molar-refractivity contribution is 6.17. The fraction of sp³-hybridized carbons (Fsp3) is 0. The number of aromatic nitrogens is 1. The summed E-state index contributed by atoms with van der Waals surface area (Å²) in [5.74, 6) is 0. The van der Waals surface area contributed by atoms with Gasteiger partial charge in [0.2, 0.25) is 0 Å². The lowest BCUT2D eigenvalue weighted by Crippen LogP contribution is -2.13. The summed E-state index contributed by atoms with van der Waals surface area (Å²) in [7, 11) is 0. The van der Waals surface area contributed by atoms with E-state index < -0.39 is 0 Å². The quantitative estimate of drug-likeness (QED) is 0.254. The van der Waals surface area contributed by atoms with Crippen molar-refractivity contribution in [3.8, 4) is 0 Å². The molecule has 33 heavy (non-hydrogen) atoms. The molecule has 0 N–H and O–H groups in total. The Morgan fingerprint density at radius 1 is 0.455 bits per heavy atom. The van der Waals surface area contributed by atoms with Crippen LogP contribution in [-0.2, 0) is 0 Å². The molecule has 1 heterocycles. The van der Waals surface area contributed by atoms with E-state index in [0.717, 1.165) is 0 Å². The van der Waals surface area contributed by atoms with Gasteiger partial charge in [-0.1, -0.05) is 36.4 Å². The van der Waals surface area contributed by atoms with Gasteiger partial charge in [0.1, 0.15) is 0 Å². The Bertz CT molecular complexity index is 1250. The molecule has 0 aliphatic rings. The van der Waals surface area contributed by atoms with Gasteiger partial charge in [-0.15, -0.1) is 0 Å². The molecule has 0 saturated carbocycles.